The van der Waals surface area contributed by atoms with E-state index in [4.69, 9.17) is 4.42 Å². The minimum absolute atomic E-state index is 0.142. The first-order valence-corrected chi connectivity index (χ1v) is 10.8. The Morgan fingerprint density at radius 3 is 2.54 bits per heavy atom. The van der Waals surface area contributed by atoms with Gasteiger partial charge in [0, 0.05) is 21.1 Å². The van der Waals surface area contributed by atoms with Crippen LogP contribution in [0, 0.1) is 0 Å². The Morgan fingerprint density at radius 1 is 1.04 bits per heavy atom. The van der Waals surface area contributed by atoms with Crippen molar-refractivity contribution < 1.29 is 23.6 Å². The molecule has 0 radical (unpaired) electrons. The van der Waals surface area contributed by atoms with Crippen molar-refractivity contribution in [1.29, 1.82) is 0 Å². The number of nitrogens with one attached hydrogen (secondary N) is 1. The van der Waals surface area contributed by atoms with Gasteiger partial charge in [-0.05, 0) is 41.1 Å². The lowest BCUT2D eigenvalue weighted by molar-refractivity contribution is -0.116. The van der Waals surface area contributed by atoms with E-state index < -0.39 is 19.2 Å². The molecule has 142 valence electrons. The molecule has 3 N–H and O–H groups in total. The maximum absolute atomic E-state index is 12.9. The van der Waals surface area contributed by atoms with Crippen molar-refractivity contribution in [2.45, 2.75) is 5.66 Å². The number of carbonyl (C=O) groups is 1. The fourth-order valence-corrected chi connectivity index (χ4v) is 4.48. The molecular formula is C20H15BrNO5P. The zero-order valence-electron chi connectivity index (χ0n) is 14.4. The molecule has 1 heterocycles. The number of amides is 1. The van der Waals surface area contributed by atoms with Crippen molar-refractivity contribution in [2.75, 3.05) is 5.32 Å². The number of anilines is 1. The van der Waals surface area contributed by atoms with Gasteiger partial charge in [-0.3, -0.25) is 9.36 Å². The predicted octanol–water partition coefficient (Wildman–Crippen LogP) is 5.21. The zero-order valence-corrected chi connectivity index (χ0v) is 16.9. The van der Waals surface area contributed by atoms with Crippen LogP contribution < -0.4 is 5.32 Å². The number of carbonyl (C=O) groups excluding carboxylic acids is 1. The Bertz CT molecular complexity index is 1250. The summed E-state index contributed by atoms with van der Waals surface area (Å²) in [5.41, 5.74) is -0.649. The van der Waals surface area contributed by atoms with E-state index in [0.29, 0.717) is 21.1 Å². The second kappa shape index (κ2) is 7.18. The minimum atomic E-state index is -4.81. The molecular weight excluding hydrogens is 445 g/mol. The Kier molecular flexibility index (Phi) is 4.85. The largest absolute Gasteiger partial charge is 0.464 e. The van der Waals surface area contributed by atoms with E-state index in [1.54, 1.807) is 30.3 Å². The molecule has 1 amide bonds. The van der Waals surface area contributed by atoms with Gasteiger partial charge in [0.05, 0.1) is 6.26 Å². The monoisotopic (exact) mass is 459 g/mol. The summed E-state index contributed by atoms with van der Waals surface area (Å²) in [6.45, 7) is 0. The number of hydrogen-bond acceptors (Lipinski definition) is 3. The molecule has 0 fully saturated rings. The van der Waals surface area contributed by atoms with Crippen LogP contribution in [0.5, 0.6) is 0 Å². The third kappa shape index (κ3) is 3.62. The molecule has 8 heteroatoms. The smallest absolute Gasteiger partial charge is 0.342 e. The average Bonchev–Trinajstić information content (AvgIpc) is 3.03. The Balaban J connectivity index is 1.73. The molecule has 0 saturated carbocycles. The third-order valence-corrected chi connectivity index (χ3v) is 6.14. The maximum Gasteiger partial charge on any atom is 0.342 e. The van der Waals surface area contributed by atoms with E-state index in [-0.39, 0.29) is 5.56 Å². The Morgan fingerprint density at radius 2 is 1.79 bits per heavy atom. The highest BCUT2D eigenvalue weighted by atomic mass is 79.9. The van der Waals surface area contributed by atoms with Gasteiger partial charge >= 0.3 is 7.60 Å². The maximum atomic E-state index is 12.9. The van der Waals surface area contributed by atoms with Crippen LogP contribution in [0.2, 0.25) is 0 Å². The molecule has 0 bridgehead atoms. The lowest BCUT2D eigenvalue weighted by Crippen LogP contribution is -2.21. The summed E-state index contributed by atoms with van der Waals surface area (Å²) in [7, 11) is -4.81. The summed E-state index contributed by atoms with van der Waals surface area (Å²) in [6, 6.07) is 18.0. The van der Waals surface area contributed by atoms with Gasteiger partial charge in [-0.25, -0.2) is 0 Å². The fraction of sp³-hybridized carbons (Fsp3) is 0.0500. The van der Waals surface area contributed by atoms with Gasteiger partial charge in [-0.15, -0.1) is 0 Å². The third-order valence-electron chi connectivity index (χ3n) is 4.46. The lowest BCUT2D eigenvalue weighted by Gasteiger charge is -2.17. The molecule has 1 atom stereocenters. The summed E-state index contributed by atoms with van der Waals surface area (Å²) < 4.78 is 18.3. The number of hydrogen-bond donors (Lipinski definition) is 3. The molecule has 0 saturated heterocycles. The van der Waals surface area contributed by atoms with Crippen LogP contribution >= 0.6 is 23.5 Å². The van der Waals surface area contributed by atoms with Gasteiger partial charge in [0.1, 0.15) is 5.58 Å². The summed E-state index contributed by atoms with van der Waals surface area (Å²) in [6.07, 6.45) is 1.22. The summed E-state index contributed by atoms with van der Waals surface area (Å²) in [4.78, 5) is 32.7. The van der Waals surface area contributed by atoms with Gasteiger partial charge < -0.3 is 19.5 Å². The van der Waals surface area contributed by atoms with E-state index in [2.05, 4.69) is 21.2 Å². The molecule has 28 heavy (non-hydrogen) atoms. The van der Waals surface area contributed by atoms with E-state index in [1.807, 2.05) is 30.3 Å². The summed E-state index contributed by atoms with van der Waals surface area (Å²) in [5.74, 6) is -0.800. The zero-order chi connectivity index (χ0) is 19.9. The predicted molar refractivity (Wildman–Crippen MR) is 111 cm³/mol. The van der Waals surface area contributed by atoms with Crippen LogP contribution in [0.25, 0.3) is 21.7 Å². The Hall–Kier alpha value is -2.44. The molecule has 0 aliphatic rings. The molecule has 0 aliphatic carbocycles. The van der Waals surface area contributed by atoms with Crippen LogP contribution in [0.4, 0.5) is 5.69 Å². The van der Waals surface area contributed by atoms with Crippen molar-refractivity contribution >= 4 is 56.9 Å². The number of rotatable bonds is 4. The van der Waals surface area contributed by atoms with Crippen molar-refractivity contribution in [1.82, 2.24) is 0 Å². The highest BCUT2D eigenvalue weighted by Gasteiger charge is 2.39. The van der Waals surface area contributed by atoms with Gasteiger partial charge in [0.25, 0.3) is 0 Å². The van der Waals surface area contributed by atoms with Crippen LogP contribution in [0.1, 0.15) is 11.2 Å². The van der Waals surface area contributed by atoms with Gasteiger partial charge in [-0.2, -0.15) is 0 Å². The van der Waals surface area contributed by atoms with Gasteiger partial charge in [-0.1, -0.05) is 46.3 Å². The quantitative estimate of drug-likeness (QED) is 0.364. The van der Waals surface area contributed by atoms with E-state index in [0.717, 1.165) is 10.8 Å². The standard InChI is InChI=1S/C20H15BrNO5P/c21-14-6-8-18-16(10-14)17(11-27-18)19(28(24,25)26)20(23)22-15-7-5-12-3-1-2-4-13(12)9-15/h1-11,19H,(H,22,23)(H2,24,25,26). The van der Waals surface area contributed by atoms with Crippen LogP contribution in [-0.4, -0.2) is 15.7 Å². The van der Waals surface area contributed by atoms with Crippen molar-refractivity contribution in [3.05, 3.63) is 77.0 Å². The van der Waals surface area contributed by atoms with Crippen molar-refractivity contribution in [3.63, 3.8) is 0 Å². The van der Waals surface area contributed by atoms with E-state index in [1.165, 1.54) is 6.26 Å². The average molecular weight is 460 g/mol. The molecule has 1 unspecified atom stereocenters. The van der Waals surface area contributed by atoms with Gasteiger partial charge in [0.15, 0.2) is 5.66 Å². The van der Waals surface area contributed by atoms with Crippen molar-refractivity contribution in [3.8, 4) is 0 Å². The molecule has 0 spiro atoms. The van der Waals surface area contributed by atoms with Crippen LogP contribution in [0.15, 0.2) is 75.8 Å². The summed E-state index contributed by atoms with van der Waals surface area (Å²) in [5, 5.41) is 5.00. The second-order valence-electron chi connectivity index (χ2n) is 6.37. The Labute approximate surface area is 168 Å². The minimum Gasteiger partial charge on any atom is -0.464 e. The molecule has 1 aromatic heterocycles. The van der Waals surface area contributed by atoms with Crippen molar-refractivity contribution in [2.24, 2.45) is 0 Å². The first-order valence-electron chi connectivity index (χ1n) is 8.34. The second-order valence-corrected chi connectivity index (χ2v) is 8.98. The number of benzene rings is 3. The molecule has 4 aromatic rings. The molecule has 0 aliphatic heterocycles. The highest BCUT2D eigenvalue weighted by Crippen LogP contribution is 2.54. The molecule has 6 nitrogen and oxygen atoms in total. The highest BCUT2D eigenvalue weighted by molar-refractivity contribution is 9.10. The number of halogens is 1. The topological polar surface area (TPSA) is 99.8 Å². The summed E-state index contributed by atoms with van der Waals surface area (Å²) >= 11 is 3.33. The van der Waals surface area contributed by atoms with Crippen LogP contribution in [0.3, 0.4) is 0 Å². The first kappa shape index (κ1) is 18.9. The van der Waals surface area contributed by atoms with Crippen LogP contribution in [-0.2, 0) is 9.36 Å². The first-order chi connectivity index (χ1) is 13.3. The lowest BCUT2D eigenvalue weighted by atomic mass is 10.1. The normalized spacial score (nSPS) is 13.0. The van der Waals surface area contributed by atoms with E-state index in [9.17, 15) is 19.1 Å². The fourth-order valence-electron chi connectivity index (χ4n) is 3.19. The SMILES string of the molecule is O=C(Nc1ccc2ccccc2c1)C(c1coc2ccc(Br)cc12)P(=O)(O)O. The number of fused-ring (bicyclic) bond motifs is 2. The number of furan rings is 1. The molecule has 4 rings (SSSR count). The van der Waals surface area contributed by atoms with E-state index >= 15 is 0 Å². The van der Waals surface area contributed by atoms with Gasteiger partial charge in [0.2, 0.25) is 5.91 Å². The molecule has 3 aromatic carbocycles.